The molecule has 1 saturated heterocycles. The van der Waals surface area contributed by atoms with Gasteiger partial charge in [-0.1, -0.05) is 12.1 Å². The standard InChI is InChI=1S/C12H15N3O4/c16-12(17)14-7-3-4-9(8-14)13-10-5-1-2-6-11(10)15(18)19/h1-2,5-6,9,13H,3-4,7-8H2,(H,16,17). The lowest BCUT2D eigenvalue weighted by molar-refractivity contribution is -0.384. The van der Waals surface area contributed by atoms with Gasteiger partial charge in [0.15, 0.2) is 0 Å². The van der Waals surface area contributed by atoms with Gasteiger partial charge in [0, 0.05) is 25.2 Å². The van der Waals surface area contributed by atoms with Crippen molar-refractivity contribution >= 4 is 17.5 Å². The Kier molecular flexibility index (Phi) is 3.84. The van der Waals surface area contributed by atoms with E-state index in [1.165, 1.54) is 11.0 Å². The SMILES string of the molecule is O=C(O)N1CCCC(Nc2ccccc2[N+](=O)[O-])C1. The number of amides is 1. The van der Waals surface area contributed by atoms with Crippen molar-refractivity contribution in [1.29, 1.82) is 0 Å². The molecule has 1 aliphatic rings. The lowest BCUT2D eigenvalue weighted by Crippen LogP contribution is -2.44. The molecular formula is C12H15N3O4. The van der Waals surface area contributed by atoms with Crippen LogP contribution in [0.15, 0.2) is 24.3 Å². The van der Waals surface area contributed by atoms with E-state index in [1.807, 2.05) is 0 Å². The van der Waals surface area contributed by atoms with Gasteiger partial charge in [0.25, 0.3) is 5.69 Å². The third-order valence-electron chi connectivity index (χ3n) is 3.15. The Bertz CT molecular complexity index is 492. The molecule has 1 fully saturated rings. The zero-order valence-electron chi connectivity index (χ0n) is 10.3. The summed E-state index contributed by atoms with van der Waals surface area (Å²) in [6.45, 7) is 0.867. The number of carbonyl (C=O) groups is 1. The van der Waals surface area contributed by atoms with Gasteiger partial charge in [-0.25, -0.2) is 4.79 Å². The number of hydrogen-bond donors (Lipinski definition) is 2. The van der Waals surface area contributed by atoms with E-state index in [4.69, 9.17) is 5.11 Å². The van der Waals surface area contributed by atoms with Crippen LogP contribution in [0, 0.1) is 10.1 Å². The second-order valence-corrected chi connectivity index (χ2v) is 4.49. The van der Waals surface area contributed by atoms with Gasteiger partial charge in [0.1, 0.15) is 5.69 Å². The number of rotatable bonds is 3. The Labute approximate surface area is 110 Å². The molecule has 2 rings (SSSR count). The highest BCUT2D eigenvalue weighted by Gasteiger charge is 2.24. The Morgan fingerprint density at radius 1 is 1.47 bits per heavy atom. The highest BCUT2D eigenvalue weighted by molar-refractivity contribution is 5.66. The fourth-order valence-corrected chi connectivity index (χ4v) is 2.24. The Morgan fingerprint density at radius 2 is 2.21 bits per heavy atom. The van der Waals surface area contributed by atoms with E-state index in [0.29, 0.717) is 18.8 Å². The molecule has 19 heavy (non-hydrogen) atoms. The lowest BCUT2D eigenvalue weighted by Gasteiger charge is -2.31. The second kappa shape index (κ2) is 5.55. The van der Waals surface area contributed by atoms with Crippen LogP contribution in [0.1, 0.15) is 12.8 Å². The summed E-state index contributed by atoms with van der Waals surface area (Å²) in [5.41, 5.74) is 0.444. The molecule has 1 amide bonds. The van der Waals surface area contributed by atoms with E-state index in [-0.39, 0.29) is 11.7 Å². The summed E-state index contributed by atoms with van der Waals surface area (Å²) in [5, 5.41) is 22.9. The number of nitro benzene ring substituents is 1. The minimum Gasteiger partial charge on any atom is -0.465 e. The molecular weight excluding hydrogens is 250 g/mol. The number of nitrogens with one attached hydrogen (secondary N) is 1. The number of nitro groups is 1. The summed E-state index contributed by atoms with van der Waals surface area (Å²) in [4.78, 5) is 22.7. The number of anilines is 1. The van der Waals surface area contributed by atoms with Gasteiger partial charge in [-0.2, -0.15) is 0 Å². The van der Waals surface area contributed by atoms with Crippen molar-refractivity contribution in [2.75, 3.05) is 18.4 Å². The zero-order chi connectivity index (χ0) is 13.8. The van der Waals surface area contributed by atoms with Gasteiger partial charge >= 0.3 is 6.09 Å². The van der Waals surface area contributed by atoms with Crippen LogP contribution in [0.2, 0.25) is 0 Å². The highest BCUT2D eigenvalue weighted by Crippen LogP contribution is 2.25. The number of benzene rings is 1. The van der Waals surface area contributed by atoms with Crippen molar-refractivity contribution < 1.29 is 14.8 Å². The molecule has 0 aliphatic carbocycles. The largest absolute Gasteiger partial charge is 0.465 e. The Hall–Kier alpha value is -2.31. The lowest BCUT2D eigenvalue weighted by atomic mass is 10.1. The van der Waals surface area contributed by atoms with Gasteiger partial charge < -0.3 is 15.3 Å². The fraction of sp³-hybridized carbons (Fsp3) is 0.417. The molecule has 102 valence electrons. The summed E-state index contributed by atoms with van der Waals surface area (Å²) in [7, 11) is 0. The van der Waals surface area contributed by atoms with E-state index in [1.54, 1.807) is 18.2 Å². The predicted octanol–water partition coefficient (Wildman–Crippen LogP) is 2.15. The van der Waals surface area contributed by atoms with Crippen LogP contribution in [0.4, 0.5) is 16.2 Å². The maximum Gasteiger partial charge on any atom is 0.407 e. The van der Waals surface area contributed by atoms with E-state index < -0.39 is 11.0 Å². The minimum atomic E-state index is -0.950. The van der Waals surface area contributed by atoms with Crippen LogP contribution >= 0.6 is 0 Å². The van der Waals surface area contributed by atoms with Crippen LogP contribution in [-0.2, 0) is 0 Å². The Morgan fingerprint density at radius 3 is 2.89 bits per heavy atom. The first kappa shape index (κ1) is 13.1. The van der Waals surface area contributed by atoms with Crippen LogP contribution in [-0.4, -0.2) is 40.2 Å². The summed E-state index contributed by atoms with van der Waals surface area (Å²) in [5.74, 6) is 0. The number of nitrogens with zero attached hydrogens (tertiary/aromatic N) is 2. The van der Waals surface area contributed by atoms with E-state index in [9.17, 15) is 14.9 Å². The summed E-state index contributed by atoms with van der Waals surface area (Å²) in [6.07, 6.45) is 0.606. The van der Waals surface area contributed by atoms with Crippen molar-refractivity contribution in [3.8, 4) is 0 Å². The van der Waals surface area contributed by atoms with Crippen molar-refractivity contribution in [2.24, 2.45) is 0 Å². The van der Waals surface area contributed by atoms with Crippen molar-refractivity contribution in [2.45, 2.75) is 18.9 Å². The molecule has 1 aromatic carbocycles. The molecule has 1 aromatic rings. The summed E-state index contributed by atoms with van der Waals surface area (Å²) < 4.78 is 0. The van der Waals surface area contributed by atoms with E-state index in [0.717, 1.165) is 12.8 Å². The molecule has 1 aliphatic heterocycles. The van der Waals surface area contributed by atoms with Gasteiger partial charge in [0.05, 0.1) is 4.92 Å². The normalized spacial score (nSPS) is 18.9. The number of likely N-dealkylation sites (tertiary alicyclic amines) is 1. The fourth-order valence-electron chi connectivity index (χ4n) is 2.24. The molecule has 0 spiro atoms. The van der Waals surface area contributed by atoms with Crippen LogP contribution in [0.3, 0.4) is 0 Å². The average Bonchev–Trinajstić information content (AvgIpc) is 2.39. The first-order valence-electron chi connectivity index (χ1n) is 6.06. The third kappa shape index (κ3) is 3.12. The molecule has 2 N–H and O–H groups in total. The molecule has 1 unspecified atom stereocenters. The Balaban J connectivity index is 2.09. The molecule has 0 aromatic heterocycles. The summed E-state index contributed by atoms with van der Waals surface area (Å²) >= 11 is 0. The van der Waals surface area contributed by atoms with E-state index in [2.05, 4.69) is 5.32 Å². The number of hydrogen-bond acceptors (Lipinski definition) is 4. The first-order chi connectivity index (χ1) is 9.08. The maximum absolute atomic E-state index is 10.9. The molecule has 1 heterocycles. The highest BCUT2D eigenvalue weighted by atomic mass is 16.6. The molecule has 0 bridgehead atoms. The van der Waals surface area contributed by atoms with E-state index >= 15 is 0 Å². The zero-order valence-corrected chi connectivity index (χ0v) is 10.3. The van der Waals surface area contributed by atoms with Gasteiger partial charge in [-0.15, -0.1) is 0 Å². The molecule has 0 radical (unpaired) electrons. The van der Waals surface area contributed by atoms with Crippen LogP contribution in [0.5, 0.6) is 0 Å². The summed E-state index contributed by atoms with van der Waals surface area (Å²) in [6, 6.07) is 6.30. The molecule has 1 atom stereocenters. The second-order valence-electron chi connectivity index (χ2n) is 4.49. The van der Waals surface area contributed by atoms with Gasteiger partial charge in [-0.05, 0) is 18.9 Å². The van der Waals surface area contributed by atoms with Crippen molar-refractivity contribution in [1.82, 2.24) is 4.90 Å². The maximum atomic E-state index is 10.9. The average molecular weight is 265 g/mol. The first-order valence-corrected chi connectivity index (χ1v) is 6.06. The van der Waals surface area contributed by atoms with Crippen LogP contribution in [0.25, 0.3) is 0 Å². The smallest absolute Gasteiger partial charge is 0.407 e. The number of para-hydroxylation sites is 2. The van der Waals surface area contributed by atoms with Gasteiger partial charge in [0.2, 0.25) is 0 Å². The van der Waals surface area contributed by atoms with Crippen molar-refractivity contribution in [3.05, 3.63) is 34.4 Å². The van der Waals surface area contributed by atoms with Crippen LogP contribution < -0.4 is 5.32 Å². The molecule has 7 heteroatoms. The number of carboxylic acid groups (broad SMARTS) is 1. The monoisotopic (exact) mass is 265 g/mol. The van der Waals surface area contributed by atoms with Crippen molar-refractivity contribution in [3.63, 3.8) is 0 Å². The third-order valence-corrected chi connectivity index (χ3v) is 3.15. The quantitative estimate of drug-likeness (QED) is 0.644. The topological polar surface area (TPSA) is 95.7 Å². The van der Waals surface area contributed by atoms with Gasteiger partial charge in [-0.3, -0.25) is 10.1 Å². The molecule has 0 saturated carbocycles. The number of piperidine rings is 1. The predicted molar refractivity (Wildman–Crippen MR) is 69.3 cm³/mol. The minimum absolute atomic E-state index is 0.00921. The molecule has 7 nitrogen and oxygen atoms in total.